The number of methoxy groups -OCH3 is 2. The van der Waals surface area contributed by atoms with Gasteiger partial charge in [-0.25, -0.2) is 0 Å². The number of carboxylic acids is 1. The number of aliphatic carboxylic acids is 1. The fraction of sp³-hybridized carbons (Fsp3) is 0.429. The lowest BCUT2D eigenvalue weighted by molar-refractivity contribution is -0.151. The summed E-state index contributed by atoms with van der Waals surface area (Å²) >= 11 is 0. The first-order chi connectivity index (χ1) is 9.56. The summed E-state index contributed by atoms with van der Waals surface area (Å²) in [6, 6.07) is 5.05. The molecule has 2 atom stereocenters. The van der Waals surface area contributed by atoms with Gasteiger partial charge in [0.1, 0.15) is 11.5 Å². The van der Waals surface area contributed by atoms with Gasteiger partial charge in [-0.1, -0.05) is 0 Å². The highest BCUT2D eigenvalue weighted by Gasteiger charge is 2.41. The van der Waals surface area contributed by atoms with Crippen molar-refractivity contribution >= 4 is 17.6 Å². The number of amides is 1. The maximum Gasteiger partial charge on any atom is 0.307 e. The lowest BCUT2D eigenvalue weighted by Gasteiger charge is -2.32. The molecule has 2 N–H and O–H groups in total. The molecular formula is C14H17NO5. The monoisotopic (exact) mass is 279 g/mol. The Morgan fingerprint density at radius 1 is 1.20 bits per heavy atom. The number of carbonyl (C=O) groups is 2. The average molecular weight is 279 g/mol. The van der Waals surface area contributed by atoms with Crippen LogP contribution < -0.4 is 14.8 Å². The summed E-state index contributed by atoms with van der Waals surface area (Å²) in [5.74, 6) is -1.20. The van der Waals surface area contributed by atoms with Gasteiger partial charge in [-0.3, -0.25) is 9.59 Å². The maximum absolute atomic E-state index is 12.1. The van der Waals surface area contributed by atoms with Crippen molar-refractivity contribution in [1.29, 1.82) is 0 Å². The van der Waals surface area contributed by atoms with Crippen molar-refractivity contribution in [2.24, 2.45) is 11.8 Å². The Morgan fingerprint density at radius 3 is 2.40 bits per heavy atom. The minimum Gasteiger partial charge on any atom is -0.497 e. The largest absolute Gasteiger partial charge is 0.497 e. The molecule has 6 nitrogen and oxygen atoms in total. The molecule has 6 heteroatoms. The van der Waals surface area contributed by atoms with Gasteiger partial charge in [0.05, 0.1) is 31.7 Å². The maximum atomic E-state index is 12.1. The van der Waals surface area contributed by atoms with Gasteiger partial charge < -0.3 is 19.9 Å². The number of rotatable bonds is 5. The minimum atomic E-state index is -0.922. The molecule has 0 aliphatic heterocycles. The first kappa shape index (κ1) is 14.2. The molecule has 108 valence electrons. The lowest BCUT2D eigenvalue weighted by Crippen LogP contribution is -2.41. The van der Waals surface area contributed by atoms with Crippen LogP contribution in [0.4, 0.5) is 5.69 Å². The normalized spacial score (nSPS) is 20.7. The zero-order chi connectivity index (χ0) is 14.7. The van der Waals surface area contributed by atoms with Crippen LogP contribution in [0.5, 0.6) is 11.5 Å². The Morgan fingerprint density at radius 2 is 1.90 bits per heavy atom. The van der Waals surface area contributed by atoms with Gasteiger partial charge in [-0.2, -0.15) is 0 Å². The van der Waals surface area contributed by atoms with Crippen molar-refractivity contribution < 1.29 is 24.2 Å². The Hall–Kier alpha value is -2.24. The lowest BCUT2D eigenvalue weighted by atomic mass is 9.73. The second-order valence-electron chi connectivity index (χ2n) is 4.68. The summed E-state index contributed by atoms with van der Waals surface area (Å²) in [7, 11) is 3.03. The molecule has 1 aromatic carbocycles. The Kier molecular flexibility index (Phi) is 4.12. The van der Waals surface area contributed by atoms with E-state index < -0.39 is 17.8 Å². The van der Waals surface area contributed by atoms with Gasteiger partial charge in [0.25, 0.3) is 0 Å². The molecule has 0 bridgehead atoms. The summed E-state index contributed by atoms with van der Waals surface area (Å²) in [6.07, 6.45) is 1.14. The molecule has 1 amide bonds. The first-order valence-corrected chi connectivity index (χ1v) is 6.32. The molecular weight excluding hydrogens is 262 g/mol. The number of anilines is 1. The van der Waals surface area contributed by atoms with Crippen LogP contribution in [0.1, 0.15) is 12.8 Å². The van der Waals surface area contributed by atoms with Crippen molar-refractivity contribution in [2.75, 3.05) is 19.5 Å². The zero-order valence-corrected chi connectivity index (χ0v) is 11.4. The zero-order valence-electron chi connectivity index (χ0n) is 11.4. The van der Waals surface area contributed by atoms with Gasteiger partial charge in [-0.15, -0.1) is 0 Å². The van der Waals surface area contributed by atoms with Crippen molar-refractivity contribution in [3.8, 4) is 11.5 Å². The van der Waals surface area contributed by atoms with Gasteiger partial charge >= 0.3 is 5.97 Å². The van der Waals surface area contributed by atoms with Crippen molar-refractivity contribution in [2.45, 2.75) is 12.8 Å². The number of carbonyl (C=O) groups excluding carboxylic acids is 1. The molecule has 1 aromatic rings. The molecule has 20 heavy (non-hydrogen) atoms. The topological polar surface area (TPSA) is 84.9 Å². The van der Waals surface area contributed by atoms with E-state index in [4.69, 9.17) is 14.6 Å². The van der Waals surface area contributed by atoms with E-state index >= 15 is 0 Å². The Labute approximate surface area is 116 Å². The molecule has 1 fully saturated rings. The summed E-state index contributed by atoms with van der Waals surface area (Å²) in [5.41, 5.74) is 0.480. The van der Waals surface area contributed by atoms with E-state index in [0.717, 1.165) is 0 Å². The average Bonchev–Trinajstić information content (AvgIpc) is 2.36. The van der Waals surface area contributed by atoms with Crippen molar-refractivity contribution in [3.63, 3.8) is 0 Å². The highest BCUT2D eigenvalue weighted by Crippen LogP contribution is 2.36. The number of hydrogen-bond acceptors (Lipinski definition) is 4. The van der Waals surface area contributed by atoms with E-state index in [0.29, 0.717) is 30.0 Å². The minimum absolute atomic E-state index is 0.296. The third-order valence-electron chi connectivity index (χ3n) is 3.59. The van der Waals surface area contributed by atoms with Crippen LogP contribution in [0.3, 0.4) is 0 Å². The Bertz CT molecular complexity index is 528. The molecule has 1 aliphatic rings. The number of ether oxygens (including phenoxy) is 2. The number of hydrogen-bond donors (Lipinski definition) is 2. The smallest absolute Gasteiger partial charge is 0.307 e. The predicted octanol–water partition coefficient (Wildman–Crippen LogP) is 1.75. The molecule has 2 rings (SSSR count). The van der Waals surface area contributed by atoms with Crippen LogP contribution in [-0.2, 0) is 9.59 Å². The number of carboxylic acid groups (broad SMARTS) is 1. The van der Waals surface area contributed by atoms with Crippen molar-refractivity contribution in [1.82, 2.24) is 0 Å². The molecule has 2 unspecified atom stereocenters. The SMILES string of the molecule is COc1ccc(OC)c(NC(=O)C2CCC2C(=O)O)c1. The standard InChI is InChI=1S/C14H17NO5/c1-19-8-3-6-12(20-2)11(7-8)15-13(16)9-4-5-10(9)14(17)18/h3,6-7,9-10H,4-5H2,1-2H3,(H,15,16)(H,17,18). The third-order valence-corrected chi connectivity index (χ3v) is 3.59. The number of nitrogens with one attached hydrogen (secondary N) is 1. The van der Waals surface area contributed by atoms with Gasteiger partial charge in [0, 0.05) is 6.07 Å². The van der Waals surface area contributed by atoms with Crippen LogP contribution >= 0.6 is 0 Å². The van der Waals surface area contributed by atoms with E-state index in [9.17, 15) is 9.59 Å². The summed E-state index contributed by atoms with van der Waals surface area (Å²) < 4.78 is 10.3. The van der Waals surface area contributed by atoms with E-state index in [2.05, 4.69) is 5.32 Å². The quantitative estimate of drug-likeness (QED) is 0.857. The summed E-state index contributed by atoms with van der Waals surface area (Å²) in [6.45, 7) is 0. The second-order valence-corrected chi connectivity index (χ2v) is 4.68. The fourth-order valence-electron chi connectivity index (χ4n) is 2.25. The van der Waals surface area contributed by atoms with E-state index in [-0.39, 0.29) is 5.91 Å². The van der Waals surface area contributed by atoms with E-state index in [1.54, 1.807) is 18.2 Å². The Balaban J connectivity index is 2.13. The van der Waals surface area contributed by atoms with E-state index in [1.807, 2.05) is 0 Å². The fourth-order valence-corrected chi connectivity index (χ4v) is 2.25. The number of benzene rings is 1. The highest BCUT2D eigenvalue weighted by molar-refractivity contribution is 5.97. The molecule has 0 saturated heterocycles. The summed E-state index contributed by atoms with van der Waals surface area (Å²) in [5, 5.41) is 11.7. The van der Waals surface area contributed by atoms with Crippen molar-refractivity contribution in [3.05, 3.63) is 18.2 Å². The van der Waals surface area contributed by atoms with Gasteiger partial charge in [0.15, 0.2) is 0 Å². The third kappa shape index (κ3) is 2.68. The molecule has 0 heterocycles. The van der Waals surface area contributed by atoms with Crippen LogP contribution in [0, 0.1) is 11.8 Å². The predicted molar refractivity (Wildman–Crippen MR) is 72.0 cm³/mol. The molecule has 0 radical (unpaired) electrons. The van der Waals surface area contributed by atoms with Crippen LogP contribution in [0.25, 0.3) is 0 Å². The van der Waals surface area contributed by atoms with Crippen LogP contribution in [0.15, 0.2) is 18.2 Å². The van der Waals surface area contributed by atoms with Crippen LogP contribution in [0.2, 0.25) is 0 Å². The van der Waals surface area contributed by atoms with Gasteiger partial charge in [0.2, 0.25) is 5.91 Å². The summed E-state index contributed by atoms with van der Waals surface area (Å²) in [4.78, 5) is 23.1. The van der Waals surface area contributed by atoms with Crippen LogP contribution in [-0.4, -0.2) is 31.2 Å². The van der Waals surface area contributed by atoms with Gasteiger partial charge in [-0.05, 0) is 25.0 Å². The molecule has 1 aliphatic carbocycles. The first-order valence-electron chi connectivity index (χ1n) is 6.32. The highest BCUT2D eigenvalue weighted by atomic mass is 16.5. The molecule has 1 saturated carbocycles. The molecule has 0 spiro atoms. The molecule has 0 aromatic heterocycles. The second kappa shape index (κ2) is 5.81. The van der Waals surface area contributed by atoms with E-state index in [1.165, 1.54) is 14.2 Å².